The third-order valence-corrected chi connectivity index (χ3v) is 3.32. The van der Waals surface area contributed by atoms with Crippen molar-refractivity contribution in [3.05, 3.63) is 72.2 Å². The van der Waals surface area contributed by atoms with Crippen LogP contribution in [-0.2, 0) is 0 Å². The first-order chi connectivity index (χ1) is 9.16. The van der Waals surface area contributed by atoms with E-state index in [9.17, 15) is 0 Å². The van der Waals surface area contributed by atoms with E-state index in [0.717, 1.165) is 12.2 Å². The average Bonchev–Trinajstić information content (AvgIpc) is 2.92. The Balaban J connectivity index is 2.10. The molecule has 0 aliphatic heterocycles. The Morgan fingerprint density at radius 3 is 2.53 bits per heavy atom. The van der Waals surface area contributed by atoms with Crippen LogP contribution in [0.25, 0.3) is 0 Å². The van der Waals surface area contributed by atoms with Crippen LogP contribution in [0, 0.1) is 0 Å². The molecule has 2 heteroatoms. The lowest BCUT2D eigenvalue weighted by molar-refractivity contribution is -0.732. The van der Waals surface area contributed by atoms with E-state index in [1.807, 2.05) is 18.2 Å². The fourth-order valence-corrected chi connectivity index (χ4v) is 2.36. The molecular weight excluding hydrogens is 234 g/mol. The van der Waals surface area contributed by atoms with Gasteiger partial charge in [0.2, 0.25) is 0 Å². The molecule has 0 amide bonds. The van der Waals surface area contributed by atoms with Gasteiger partial charge < -0.3 is 9.73 Å². The lowest BCUT2D eigenvalue weighted by Gasteiger charge is -2.19. The van der Waals surface area contributed by atoms with Gasteiger partial charge in [0, 0.05) is 12.0 Å². The molecule has 0 aliphatic carbocycles. The Labute approximate surface area is 115 Å². The summed E-state index contributed by atoms with van der Waals surface area (Å²) in [4.78, 5) is 0. The predicted octanol–water partition coefficient (Wildman–Crippen LogP) is 3.61. The molecule has 0 bridgehead atoms. The molecule has 2 atom stereocenters. The SMILES string of the molecule is C=C(C)C[C@@H]([NH2+][C@@H](C)c1ccccc1)c1ccco1. The normalized spacial score (nSPS) is 14.0. The van der Waals surface area contributed by atoms with Crippen molar-refractivity contribution in [2.24, 2.45) is 0 Å². The quantitative estimate of drug-likeness (QED) is 0.786. The number of nitrogens with two attached hydrogens (primary N) is 1. The van der Waals surface area contributed by atoms with E-state index in [1.54, 1.807) is 6.26 Å². The van der Waals surface area contributed by atoms with E-state index in [1.165, 1.54) is 11.1 Å². The maximum absolute atomic E-state index is 5.56. The third kappa shape index (κ3) is 3.83. The van der Waals surface area contributed by atoms with Crippen molar-refractivity contribution in [1.29, 1.82) is 0 Å². The molecule has 0 unspecified atom stereocenters. The van der Waals surface area contributed by atoms with Gasteiger partial charge in [0.15, 0.2) is 5.76 Å². The first-order valence-corrected chi connectivity index (χ1v) is 6.74. The molecule has 0 aliphatic rings. The number of hydrogen-bond acceptors (Lipinski definition) is 1. The van der Waals surface area contributed by atoms with Gasteiger partial charge in [-0.1, -0.05) is 42.5 Å². The highest BCUT2D eigenvalue weighted by atomic mass is 16.3. The number of benzene rings is 1. The van der Waals surface area contributed by atoms with Crippen LogP contribution < -0.4 is 5.32 Å². The Morgan fingerprint density at radius 1 is 1.21 bits per heavy atom. The van der Waals surface area contributed by atoms with Gasteiger partial charge in [-0.05, 0) is 26.0 Å². The standard InChI is InChI=1S/C17H21NO/c1-13(2)12-16(17-10-7-11-19-17)18-14(3)15-8-5-4-6-9-15/h4-11,14,16,18H,1,12H2,2-3H3/p+1/t14-,16+/m0/s1. The molecule has 1 aromatic carbocycles. The summed E-state index contributed by atoms with van der Waals surface area (Å²) in [7, 11) is 0. The van der Waals surface area contributed by atoms with Crippen LogP contribution in [0.3, 0.4) is 0 Å². The van der Waals surface area contributed by atoms with Crippen molar-refractivity contribution >= 4 is 0 Å². The van der Waals surface area contributed by atoms with Crippen LogP contribution in [0.5, 0.6) is 0 Å². The van der Waals surface area contributed by atoms with Gasteiger partial charge in [0.1, 0.15) is 12.1 Å². The van der Waals surface area contributed by atoms with Crippen LogP contribution in [0.4, 0.5) is 0 Å². The Kier molecular flexibility index (Phi) is 4.58. The number of quaternary nitrogens is 1. The zero-order valence-electron chi connectivity index (χ0n) is 11.7. The molecule has 2 rings (SSSR count). The zero-order chi connectivity index (χ0) is 13.7. The monoisotopic (exact) mass is 256 g/mol. The van der Waals surface area contributed by atoms with E-state index in [0.29, 0.717) is 12.1 Å². The maximum Gasteiger partial charge on any atom is 0.161 e. The molecule has 0 saturated carbocycles. The van der Waals surface area contributed by atoms with Crippen molar-refractivity contribution < 1.29 is 9.73 Å². The summed E-state index contributed by atoms with van der Waals surface area (Å²) in [6.07, 6.45) is 2.67. The number of rotatable bonds is 6. The lowest BCUT2D eigenvalue weighted by atomic mass is 10.0. The molecule has 1 heterocycles. The molecule has 0 saturated heterocycles. The van der Waals surface area contributed by atoms with Gasteiger partial charge in [0.05, 0.1) is 6.26 Å². The first kappa shape index (κ1) is 13.6. The second-order valence-corrected chi connectivity index (χ2v) is 5.17. The Bertz CT molecular complexity index is 501. The van der Waals surface area contributed by atoms with Crippen molar-refractivity contribution in [3.63, 3.8) is 0 Å². The van der Waals surface area contributed by atoms with E-state index in [4.69, 9.17) is 4.42 Å². The van der Waals surface area contributed by atoms with E-state index in [2.05, 4.69) is 50.0 Å². The smallest absolute Gasteiger partial charge is 0.161 e. The highest BCUT2D eigenvalue weighted by Crippen LogP contribution is 2.19. The maximum atomic E-state index is 5.56. The molecule has 2 N–H and O–H groups in total. The van der Waals surface area contributed by atoms with Crippen LogP contribution in [0.2, 0.25) is 0 Å². The van der Waals surface area contributed by atoms with Gasteiger partial charge >= 0.3 is 0 Å². The van der Waals surface area contributed by atoms with Gasteiger partial charge in [0.25, 0.3) is 0 Å². The van der Waals surface area contributed by atoms with Crippen LogP contribution in [-0.4, -0.2) is 0 Å². The van der Waals surface area contributed by atoms with Crippen LogP contribution in [0.1, 0.15) is 43.7 Å². The average molecular weight is 256 g/mol. The van der Waals surface area contributed by atoms with E-state index < -0.39 is 0 Å². The first-order valence-electron chi connectivity index (χ1n) is 6.74. The molecule has 2 aromatic rings. The van der Waals surface area contributed by atoms with Gasteiger partial charge in [-0.25, -0.2) is 0 Å². The summed E-state index contributed by atoms with van der Waals surface area (Å²) in [6.45, 7) is 8.32. The molecule has 2 nitrogen and oxygen atoms in total. The second kappa shape index (κ2) is 6.39. The minimum absolute atomic E-state index is 0.294. The summed E-state index contributed by atoms with van der Waals surface area (Å²) in [5, 5.41) is 2.35. The summed E-state index contributed by atoms with van der Waals surface area (Å²) in [6, 6.07) is 15.2. The topological polar surface area (TPSA) is 29.8 Å². The number of hydrogen-bond donors (Lipinski definition) is 1. The summed E-state index contributed by atoms with van der Waals surface area (Å²) < 4.78 is 5.56. The van der Waals surface area contributed by atoms with Crippen molar-refractivity contribution in [2.75, 3.05) is 0 Å². The molecule has 0 spiro atoms. The second-order valence-electron chi connectivity index (χ2n) is 5.17. The Morgan fingerprint density at radius 2 is 1.95 bits per heavy atom. The van der Waals surface area contributed by atoms with E-state index >= 15 is 0 Å². The minimum atomic E-state index is 0.294. The number of furan rings is 1. The van der Waals surface area contributed by atoms with Crippen LogP contribution >= 0.6 is 0 Å². The summed E-state index contributed by atoms with van der Waals surface area (Å²) >= 11 is 0. The molecule has 19 heavy (non-hydrogen) atoms. The molecule has 100 valence electrons. The van der Waals surface area contributed by atoms with E-state index in [-0.39, 0.29) is 0 Å². The summed E-state index contributed by atoms with van der Waals surface area (Å²) in [5.74, 6) is 1.02. The molecular formula is C17H22NO+. The molecule has 1 aromatic heterocycles. The van der Waals surface area contributed by atoms with Gasteiger partial charge in [-0.15, -0.1) is 0 Å². The minimum Gasteiger partial charge on any atom is -0.463 e. The fraction of sp³-hybridized carbons (Fsp3) is 0.294. The van der Waals surface area contributed by atoms with Gasteiger partial charge in [-0.3, -0.25) is 0 Å². The van der Waals surface area contributed by atoms with Crippen molar-refractivity contribution in [2.45, 2.75) is 32.4 Å². The zero-order valence-corrected chi connectivity index (χ0v) is 11.7. The highest BCUT2D eigenvalue weighted by molar-refractivity contribution is 5.16. The lowest BCUT2D eigenvalue weighted by Crippen LogP contribution is -2.85. The predicted molar refractivity (Wildman–Crippen MR) is 77.7 cm³/mol. The van der Waals surface area contributed by atoms with Crippen molar-refractivity contribution in [1.82, 2.24) is 0 Å². The van der Waals surface area contributed by atoms with Crippen molar-refractivity contribution in [3.8, 4) is 0 Å². The largest absolute Gasteiger partial charge is 0.463 e. The summed E-state index contributed by atoms with van der Waals surface area (Å²) in [5.41, 5.74) is 2.51. The van der Waals surface area contributed by atoms with Gasteiger partial charge in [-0.2, -0.15) is 0 Å². The fourth-order valence-electron chi connectivity index (χ4n) is 2.36. The third-order valence-electron chi connectivity index (χ3n) is 3.32. The Hall–Kier alpha value is -1.80. The van der Waals surface area contributed by atoms with Crippen LogP contribution in [0.15, 0.2) is 65.3 Å². The molecule has 0 radical (unpaired) electrons. The highest BCUT2D eigenvalue weighted by Gasteiger charge is 2.21. The molecule has 0 fully saturated rings.